The molecule has 0 aliphatic rings. The summed E-state index contributed by atoms with van der Waals surface area (Å²) in [7, 11) is 0. The van der Waals surface area contributed by atoms with Crippen molar-refractivity contribution in [1.29, 1.82) is 0 Å². The van der Waals surface area contributed by atoms with Gasteiger partial charge in [-0.1, -0.05) is 240 Å². The highest BCUT2D eigenvalue weighted by Gasteiger charge is 2.03. The molecule has 0 aromatic carbocycles. The van der Waals surface area contributed by atoms with Gasteiger partial charge < -0.3 is 16.4 Å². The van der Waals surface area contributed by atoms with Crippen molar-refractivity contribution in [3.05, 3.63) is 219 Å². The van der Waals surface area contributed by atoms with E-state index in [1.165, 1.54) is 0 Å². The zero-order valence-electron chi connectivity index (χ0n) is 48.6. The van der Waals surface area contributed by atoms with Crippen molar-refractivity contribution in [2.45, 2.75) is 188 Å². The van der Waals surface area contributed by atoms with Crippen LogP contribution in [0.15, 0.2) is 219 Å². The lowest BCUT2D eigenvalue weighted by molar-refractivity contribution is -0.122. The minimum atomic E-state index is 0.0509. The second-order valence-corrected chi connectivity index (χ2v) is 18.0. The molecule has 0 aliphatic carbocycles. The molecule has 0 saturated carbocycles. The van der Waals surface area contributed by atoms with Gasteiger partial charge in [0.2, 0.25) is 11.8 Å². The highest BCUT2D eigenvalue weighted by molar-refractivity contribution is 5.79. The summed E-state index contributed by atoms with van der Waals surface area (Å²) < 4.78 is 0. The fourth-order valence-corrected chi connectivity index (χ4v) is 6.62. The van der Waals surface area contributed by atoms with Crippen molar-refractivity contribution in [3.8, 4) is 0 Å². The van der Waals surface area contributed by atoms with Gasteiger partial charge in [0.25, 0.3) is 0 Å². The highest BCUT2D eigenvalue weighted by atomic mass is 16.2. The summed E-state index contributed by atoms with van der Waals surface area (Å²) in [5, 5.41) is 5.70. The molecule has 0 radical (unpaired) electrons. The molecule has 0 bridgehead atoms. The van der Waals surface area contributed by atoms with Crippen LogP contribution in [0, 0.1) is 0 Å². The third kappa shape index (κ3) is 69.9. The quantitative estimate of drug-likeness (QED) is 0.0417. The molecule has 0 heterocycles. The van der Waals surface area contributed by atoms with Gasteiger partial charge >= 0.3 is 0 Å². The molecule has 77 heavy (non-hydrogen) atoms. The number of rotatable bonds is 48. The summed E-state index contributed by atoms with van der Waals surface area (Å²) in [5.41, 5.74) is 5.33. The predicted molar refractivity (Wildman–Crippen MR) is 342 cm³/mol. The Labute approximate surface area is 472 Å². The molecule has 0 atom stereocenters. The van der Waals surface area contributed by atoms with Gasteiger partial charge in [-0.25, -0.2) is 0 Å². The molecular weight excluding hydrogens is 943 g/mol. The molecular formula is C71H107N3O3. The maximum Gasteiger partial charge on any atom is 0.220 e. The Kier molecular flexibility index (Phi) is 64.3. The molecule has 0 unspecified atom stereocenters. The van der Waals surface area contributed by atoms with Crippen LogP contribution >= 0.6 is 0 Å². The Morgan fingerprint density at radius 3 is 0.714 bits per heavy atom. The zero-order chi connectivity index (χ0) is 56.1. The molecule has 4 N–H and O–H groups in total. The summed E-state index contributed by atoms with van der Waals surface area (Å²) >= 11 is 0. The maximum atomic E-state index is 12.1. The minimum Gasteiger partial charge on any atom is -0.356 e. The normalized spacial score (nSPS) is 13.1. The molecule has 0 spiro atoms. The average molecular weight is 1050 g/mol. The second-order valence-electron chi connectivity index (χ2n) is 18.0. The number of hydrogen-bond donors (Lipinski definition) is 3. The molecule has 2 amide bonds. The maximum absolute atomic E-state index is 12.1. The first-order valence-electron chi connectivity index (χ1n) is 29.5. The number of ketones is 1. The van der Waals surface area contributed by atoms with Gasteiger partial charge in [-0.2, -0.15) is 0 Å². The van der Waals surface area contributed by atoms with Crippen molar-refractivity contribution in [2.75, 3.05) is 19.6 Å². The monoisotopic (exact) mass is 1050 g/mol. The first-order chi connectivity index (χ1) is 38.0. The lowest BCUT2D eigenvalue weighted by atomic mass is 10.1. The van der Waals surface area contributed by atoms with E-state index in [4.69, 9.17) is 5.73 Å². The van der Waals surface area contributed by atoms with Gasteiger partial charge in [-0.3, -0.25) is 14.4 Å². The Bertz CT molecular complexity index is 1840. The Morgan fingerprint density at radius 1 is 0.273 bits per heavy atom. The van der Waals surface area contributed by atoms with E-state index in [1.807, 2.05) is 0 Å². The number of carbonyl (C=O) groups is 3. The highest BCUT2D eigenvalue weighted by Crippen LogP contribution is 2.04. The Hall–Kier alpha value is -6.11. The van der Waals surface area contributed by atoms with Crippen LogP contribution in [0.5, 0.6) is 0 Å². The third-order valence-corrected chi connectivity index (χ3v) is 10.9. The smallest absolute Gasteiger partial charge is 0.220 e. The summed E-state index contributed by atoms with van der Waals surface area (Å²) in [6.45, 7) is 8.07. The second kappa shape index (κ2) is 67.9. The SMILES string of the molecule is CC/C=C\C/C=C\C/C=C\C/C=C\C/C=C\C/C=C\CCC(=O)CCCNC(=O)CC/C=C\C/C=C\C/C=C\C/C=C\C/C=C\C/C=C\CC.CC/C=C\C/C=C\C/C=C\C/C=C\C/C=C\C/C=C\CCC(=O)NCCN. The van der Waals surface area contributed by atoms with Crippen molar-refractivity contribution in [3.63, 3.8) is 0 Å². The van der Waals surface area contributed by atoms with Crippen LogP contribution in [-0.4, -0.2) is 37.2 Å². The van der Waals surface area contributed by atoms with Gasteiger partial charge in [0.1, 0.15) is 5.78 Å². The van der Waals surface area contributed by atoms with E-state index in [0.29, 0.717) is 51.7 Å². The van der Waals surface area contributed by atoms with Crippen molar-refractivity contribution in [1.82, 2.24) is 10.6 Å². The first-order valence-corrected chi connectivity index (χ1v) is 29.5. The van der Waals surface area contributed by atoms with Crippen LogP contribution in [0.1, 0.15) is 188 Å². The van der Waals surface area contributed by atoms with E-state index in [-0.39, 0.29) is 17.6 Å². The molecule has 0 rings (SSSR count). The van der Waals surface area contributed by atoms with Crippen molar-refractivity contribution >= 4 is 17.6 Å². The summed E-state index contributed by atoms with van der Waals surface area (Å²) in [4.78, 5) is 35.5. The van der Waals surface area contributed by atoms with Crippen molar-refractivity contribution < 1.29 is 14.4 Å². The van der Waals surface area contributed by atoms with Gasteiger partial charge in [0.15, 0.2) is 0 Å². The lowest BCUT2D eigenvalue weighted by Crippen LogP contribution is -2.28. The molecule has 0 aromatic heterocycles. The van der Waals surface area contributed by atoms with Crippen LogP contribution in [-0.2, 0) is 14.4 Å². The zero-order valence-corrected chi connectivity index (χ0v) is 48.6. The fourth-order valence-electron chi connectivity index (χ4n) is 6.62. The Morgan fingerprint density at radius 2 is 0.481 bits per heavy atom. The lowest BCUT2D eigenvalue weighted by Gasteiger charge is -2.03. The van der Waals surface area contributed by atoms with Crippen LogP contribution in [0.2, 0.25) is 0 Å². The topological polar surface area (TPSA) is 101 Å². The van der Waals surface area contributed by atoms with Gasteiger partial charge in [-0.05, 0) is 141 Å². The van der Waals surface area contributed by atoms with Gasteiger partial charge in [0, 0.05) is 45.3 Å². The summed E-state index contributed by atoms with van der Waals surface area (Å²) in [5.74, 6) is 0.381. The number of nitrogens with one attached hydrogen (secondary N) is 2. The number of carbonyl (C=O) groups excluding carboxylic acids is 3. The number of allylic oxidation sites excluding steroid dienone is 36. The van der Waals surface area contributed by atoms with Crippen LogP contribution in [0.4, 0.5) is 0 Å². The summed E-state index contributed by atoms with van der Waals surface area (Å²) in [6.07, 6.45) is 101. The van der Waals surface area contributed by atoms with Gasteiger partial charge in [0.05, 0.1) is 0 Å². The van der Waals surface area contributed by atoms with Crippen LogP contribution in [0.3, 0.4) is 0 Å². The summed E-state index contributed by atoms with van der Waals surface area (Å²) in [6, 6.07) is 0. The molecule has 424 valence electrons. The van der Waals surface area contributed by atoms with E-state index >= 15 is 0 Å². The predicted octanol–water partition coefficient (Wildman–Crippen LogP) is 18.9. The third-order valence-electron chi connectivity index (χ3n) is 10.9. The molecule has 6 nitrogen and oxygen atoms in total. The number of Topliss-reactive ketones (excluding diaryl/α,β-unsaturated/α-hetero) is 1. The van der Waals surface area contributed by atoms with E-state index in [1.54, 1.807) is 0 Å². The van der Waals surface area contributed by atoms with Crippen LogP contribution in [0.25, 0.3) is 0 Å². The minimum absolute atomic E-state index is 0.0509. The van der Waals surface area contributed by atoms with E-state index in [9.17, 15) is 14.4 Å². The Balaban J connectivity index is 0. The molecule has 6 heteroatoms. The standard InChI is InChI=1S/C47H69NO2.C24H38N2O/c1-3-5-7-9-11-13-15-17-19-21-23-25-27-29-31-33-35-37-39-42-46(49)43-41-45-48-47(50)44-40-38-36-34-32-30-28-26-24-22-20-18-16-14-12-10-8-6-4-2;1-2-3-4-5-6-7-8-9-10-11-12-13-14-15-16-17-18-19-20-21-24(27)26-23-22-25/h5-8,11-14,17-20,23-26,29-32,35-38H,3-4,9-10,15-16,21-22,27-28,33-34,39-45H2,1-2H3,(H,48,50);3-4,6-7,9-10,12-13,15-16,18-19H,2,5,8,11,14,17,20-23,25H2,1H3,(H,26,27)/b7-5-,8-6-,13-11-,14-12-,19-17-,20-18-,25-23-,26-24-,31-29-,32-30-,37-35-,38-36-;4-3-,7-6-,10-9-,13-12-,16-15-,19-18-. The molecule has 0 aliphatic heterocycles. The molecule has 0 fully saturated rings. The average Bonchev–Trinajstić information content (AvgIpc) is 3.43. The number of amides is 2. The van der Waals surface area contributed by atoms with E-state index < -0.39 is 0 Å². The van der Waals surface area contributed by atoms with E-state index in [0.717, 1.165) is 135 Å². The molecule has 0 aromatic rings. The van der Waals surface area contributed by atoms with Crippen LogP contribution < -0.4 is 16.4 Å². The number of hydrogen-bond acceptors (Lipinski definition) is 4. The largest absolute Gasteiger partial charge is 0.356 e. The number of nitrogens with two attached hydrogens (primary N) is 1. The van der Waals surface area contributed by atoms with E-state index in [2.05, 4.69) is 250 Å². The van der Waals surface area contributed by atoms with Gasteiger partial charge in [-0.15, -0.1) is 0 Å². The fraction of sp³-hybridized carbons (Fsp3) is 0.451. The van der Waals surface area contributed by atoms with Crippen molar-refractivity contribution in [2.24, 2.45) is 5.73 Å². The molecule has 0 saturated heterocycles. The first kappa shape index (κ1) is 73.0.